The Morgan fingerprint density at radius 2 is 1.96 bits per heavy atom. The van der Waals surface area contributed by atoms with Crippen LogP contribution in [0.25, 0.3) is 0 Å². The van der Waals surface area contributed by atoms with Gasteiger partial charge in [-0.2, -0.15) is 0 Å². The fourth-order valence-corrected chi connectivity index (χ4v) is 2.80. The fraction of sp³-hybridized carbons (Fsp3) is 0.400. The van der Waals surface area contributed by atoms with Gasteiger partial charge >= 0.3 is 0 Å². The van der Waals surface area contributed by atoms with Gasteiger partial charge in [0.1, 0.15) is 5.82 Å². The molecule has 26 heavy (non-hydrogen) atoms. The zero-order valence-corrected chi connectivity index (χ0v) is 15.4. The van der Waals surface area contributed by atoms with Crippen LogP contribution < -0.4 is 15.5 Å². The molecule has 0 saturated carbocycles. The van der Waals surface area contributed by atoms with Gasteiger partial charge in [-0.25, -0.2) is 4.98 Å². The van der Waals surface area contributed by atoms with Gasteiger partial charge in [-0.15, -0.1) is 0 Å². The van der Waals surface area contributed by atoms with Gasteiger partial charge in [0, 0.05) is 25.8 Å². The van der Waals surface area contributed by atoms with Crippen LogP contribution in [0.15, 0.2) is 42.6 Å². The number of amides is 1. The molecular weight excluding hydrogens is 328 g/mol. The normalized spacial score (nSPS) is 14.3. The van der Waals surface area contributed by atoms with E-state index < -0.39 is 0 Å². The molecule has 1 fully saturated rings. The van der Waals surface area contributed by atoms with Crippen molar-refractivity contribution in [1.82, 2.24) is 10.3 Å². The van der Waals surface area contributed by atoms with Gasteiger partial charge < -0.3 is 20.3 Å². The first-order valence-electron chi connectivity index (χ1n) is 9.06. The Labute approximate surface area is 154 Å². The maximum absolute atomic E-state index is 12.1. The van der Waals surface area contributed by atoms with Crippen LogP contribution in [-0.2, 0) is 4.74 Å². The minimum atomic E-state index is -0.0912. The molecule has 0 aliphatic carbocycles. The maximum Gasteiger partial charge on any atom is 0.252 e. The average Bonchev–Trinajstić information content (AvgIpc) is 2.68. The van der Waals surface area contributed by atoms with E-state index >= 15 is 0 Å². The highest BCUT2D eigenvalue weighted by Crippen LogP contribution is 2.28. The van der Waals surface area contributed by atoms with Gasteiger partial charge in [-0.3, -0.25) is 4.79 Å². The number of anilines is 3. The number of aromatic nitrogens is 1. The molecular formula is C20H26N4O2. The van der Waals surface area contributed by atoms with E-state index in [2.05, 4.69) is 40.4 Å². The Morgan fingerprint density at radius 3 is 2.65 bits per heavy atom. The number of pyridine rings is 1. The Hall–Kier alpha value is -2.60. The number of carbonyl (C=O) groups is 1. The molecule has 2 heterocycles. The lowest BCUT2D eigenvalue weighted by molar-refractivity contribution is 0.0948. The van der Waals surface area contributed by atoms with Gasteiger partial charge in [0.2, 0.25) is 0 Å². The summed E-state index contributed by atoms with van der Waals surface area (Å²) in [5.74, 6) is 1.04. The molecule has 0 spiro atoms. The third kappa shape index (κ3) is 4.73. The number of morpholine rings is 1. The van der Waals surface area contributed by atoms with Crippen molar-refractivity contribution in [3.05, 3.63) is 48.2 Å². The number of benzene rings is 1. The topological polar surface area (TPSA) is 66.5 Å². The van der Waals surface area contributed by atoms with E-state index in [9.17, 15) is 4.79 Å². The summed E-state index contributed by atoms with van der Waals surface area (Å²) in [5.41, 5.74) is 2.70. The van der Waals surface area contributed by atoms with E-state index in [0.717, 1.165) is 37.7 Å². The molecule has 6 heteroatoms. The third-order valence-electron chi connectivity index (χ3n) is 4.22. The summed E-state index contributed by atoms with van der Waals surface area (Å²) >= 11 is 0. The van der Waals surface area contributed by atoms with Gasteiger partial charge in [0.05, 0.1) is 30.2 Å². The molecule has 2 aromatic rings. The first-order chi connectivity index (χ1) is 12.6. The lowest BCUT2D eigenvalue weighted by Crippen LogP contribution is -2.36. The largest absolute Gasteiger partial charge is 0.378 e. The smallest absolute Gasteiger partial charge is 0.252 e. The van der Waals surface area contributed by atoms with Crippen molar-refractivity contribution in [2.45, 2.75) is 13.8 Å². The van der Waals surface area contributed by atoms with Crippen LogP contribution in [0.2, 0.25) is 0 Å². The zero-order valence-electron chi connectivity index (χ0n) is 15.4. The molecule has 1 aliphatic rings. The van der Waals surface area contributed by atoms with Crippen molar-refractivity contribution in [3.8, 4) is 0 Å². The van der Waals surface area contributed by atoms with Crippen LogP contribution >= 0.6 is 0 Å². The summed E-state index contributed by atoms with van der Waals surface area (Å²) in [6.07, 6.45) is 1.61. The SMILES string of the molecule is CC(C)CNC(=O)c1ccc(Nc2ccccc2N2CCOCC2)nc1. The van der Waals surface area contributed by atoms with Crippen molar-refractivity contribution in [1.29, 1.82) is 0 Å². The van der Waals surface area contributed by atoms with Crippen LogP contribution in [0.4, 0.5) is 17.2 Å². The number of nitrogens with zero attached hydrogens (tertiary/aromatic N) is 2. The van der Waals surface area contributed by atoms with Crippen LogP contribution in [0, 0.1) is 5.92 Å². The number of hydrogen-bond acceptors (Lipinski definition) is 5. The lowest BCUT2D eigenvalue weighted by atomic mass is 10.2. The van der Waals surface area contributed by atoms with E-state index in [-0.39, 0.29) is 5.91 Å². The Bertz CT molecular complexity index is 725. The summed E-state index contributed by atoms with van der Waals surface area (Å²) < 4.78 is 5.44. The van der Waals surface area contributed by atoms with Gasteiger partial charge in [0.15, 0.2) is 0 Å². The lowest BCUT2D eigenvalue weighted by Gasteiger charge is -2.30. The molecule has 1 aliphatic heterocycles. The minimum absolute atomic E-state index is 0.0912. The van der Waals surface area contributed by atoms with Crippen molar-refractivity contribution in [2.75, 3.05) is 43.1 Å². The number of nitrogens with one attached hydrogen (secondary N) is 2. The summed E-state index contributed by atoms with van der Waals surface area (Å²) in [6.45, 7) is 8.03. The minimum Gasteiger partial charge on any atom is -0.378 e. The van der Waals surface area contributed by atoms with Crippen LogP contribution in [-0.4, -0.2) is 43.7 Å². The van der Waals surface area contributed by atoms with Gasteiger partial charge in [0.25, 0.3) is 5.91 Å². The molecule has 0 bridgehead atoms. The zero-order chi connectivity index (χ0) is 18.4. The standard InChI is InChI=1S/C20H26N4O2/c1-15(2)13-22-20(25)16-7-8-19(21-14-16)23-17-5-3-4-6-18(17)24-9-11-26-12-10-24/h3-8,14-15H,9-13H2,1-2H3,(H,21,23)(H,22,25). The van der Waals surface area contributed by atoms with Crippen LogP contribution in [0.3, 0.4) is 0 Å². The maximum atomic E-state index is 12.1. The van der Waals surface area contributed by atoms with Crippen molar-refractivity contribution < 1.29 is 9.53 Å². The molecule has 1 saturated heterocycles. The molecule has 1 amide bonds. The molecule has 1 aromatic carbocycles. The van der Waals surface area contributed by atoms with E-state index in [1.54, 1.807) is 12.3 Å². The molecule has 2 N–H and O–H groups in total. The monoisotopic (exact) mass is 354 g/mol. The highest BCUT2D eigenvalue weighted by molar-refractivity contribution is 5.94. The second kappa shape index (κ2) is 8.67. The molecule has 0 unspecified atom stereocenters. The van der Waals surface area contributed by atoms with E-state index in [1.807, 2.05) is 24.3 Å². The number of rotatable bonds is 6. The van der Waals surface area contributed by atoms with Crippen LogP contribution in [0.1, 0.15) is 24.2 Å². The van der Waals surface area contributed by atoms with Crippen molar-refractivity contribution >= 4 is 23.1 Å². The second-order valence-electron chi connectivity index (χ2n) is 6.78. The number of ether oxygens (including phenoxy) is 1. The Kier molecular flexibility index (Phi) is 6.07. The predicted molar refractivity (Wildman–Crippen MR) is 104 cm³/mol. The highest BCUT2D eigenvalue weighted by atomic mass is 16.5. The Balaban J connectivity index is 1.69. The third-order valence-corrected chi connectivity index (χ3v) is 4.22. The number of hydrogen-bond donors (Lipinski definition) is 2. The molecule has 3 rings (SSSR count). The molecule has 138 valence electrons. The number of carbonyl (C=O) groups excluding carboxylic acids is 1. The Morgan fingerprint density at radius 1 is 1.19 bits per heavy atom. The summed E-state index contributed by atoms with van der Waals surface area (Å²) in [6, 6.07) is 11.8. The fourth-order valence-electron chi connectivity index (χ4n) is 2.80. The predicted octanol–water partition coefficient (Wildman–Crippen LogP) is 3.05. The summed E-state index contributed by atoms with van der Waals surface area (Å²) in [4.78, 5) is 18.8. The molecule has 0 atom stereocenters. The molecule has 6 nitrogen and oxygen atoms in total. The van der Waals surface area contributed by atoms with E-state index in [4.69, 9.17) is 4.74 Å². The first kappa shape index (κ1) is 18.2. The average molecular weight is 354 g/mol. The van der Waals surface area contributed by atoms with Crippen LogP contribution in [0.5, 0.6) is 0 Å². The first-order valence-corrected chi connectivity index (χ1v) is 9.06. The summed E-state index contributed by atoms with van der Waals surface area (Å²) in [7, 11) is 0. The van der Waals surface area contributed by atoms with Gasteiger partial charge in [-0.1, -0.05) is 26.0 Å². The summed E-state index contributed by atoms with van der Waals surface area (Å²) in [5, 5.41) is 6.26. The quantitative estimate of drug-likeness (QED) is 0.835. The second-order valence-corrected chi connectivity index (χ2v) is 6.78. The van der Waals surface area contributed by atoms with Crippen molar-refractivity contribution in [2.24, 2.45) is 5.92 Å². The highest BCUT2D eigenvalue weighted by Gasteiger charge is 2.15. The number of para-hydroxylation sites is 2. The van der Waals surface area contributed by atoms with Crippen molar-refractivity contribution in [3.63, 3.8) is 0 Å². The molecule has 0 radical (unpaired) electrons. The van der Waals surface area contributed by atoms with E-state index in [1.165, 1.54) is 0 Å². The molecule has 1 aromatic heterocycles. The van der Waals surface area contributed by atoms with Gasteiger partial charge in [-0.05, 0) is 30.2 Å². The van der Waals surface area contributed by atoms with E-state index in [0.29, 0.717) is 23.8 Å².